The van der Waals surface area contributed by atoms with Crippen LogP contribution >= 0.6 is 0 Å². The van der Waals surface area contributed by atoms with Gasteiger partial charge in [0.15, 0.2) is 0 Å². The standard InChI is InChI=1S/C25H34O2/c1-4-15(3)16-6-8-17(9-7-16)24(26)27-25(5-2)14-20-13-21(25)23-19-11-10-18(12-19)22(20)23/h6-9,15,18-23H,4-5,10-14H2,1-3H3. The van der Waals surface area contributed by atoms with E-state index in [0.717, 1.165) is 54.4 Å². The highest BCUT2D eigenvalue weighted by Crippen LogP contribution is 2.70. The number of esters is 1. The third-order valence-electron chi connectivity index (χ3n) is 9.12. The van der Waals surface area contributed by atoms with Gasteiger partial charge in [-0.1, -0.05) is 32.9 Å². The van der Waals surface area contributed by atoms with E-state index in [1.807, 2.05) is 12.1 Å². The van der Waals surface area contributed by atoms with Crippen LogP contribution in [0.2, 0.25) is 0 Å². The molecule has 146 valence electrons. The summed E-state index contributed by atoms with van der Waals surface area (Å²) in [7, 11) is 0. The Balaban J connectivity index is 1.34. The molecule has 2 nitrogen and oxygen atoms in total. The van der Waals surface area contributed by atoms with Crippen molar-refractivity contribution in [2.75, 3.05) is 0 Å². The molecule has 8 atom stereocenters. The summed E-state index contributed by atoms with van der Waals surface area (Å²) in [6, 6.07) is 8.16. The minimum Gasteiger partial charge on any atom is -0.455 e. The van der Waals surface area contributed by atoms with Crippen molar-refractivity contribution in [1.82, 2.24) is 0 Å². The number of hydrogen-bond donors (Lipinski definition) is 0. The van der Waals surface area contributed by atoms with E-state index >= 15 is 0 Å². The van der Waals surface area contributed by atoms with Gasteiger partial charge in [0.1, 0.15) is 5.60 Å². The van der Waals surface area contributed by atoms with Crippen LogP contribution in [0.3, 0.4) is 0 Å². The van der Waals surface area contributed by atoms with Crippen LogP contribution in [0.25, 0.3) is 0 Å². The number of ether oxygens (including phenoxy) is 1. The molecule has 4 aliphatic carbocycles. The van der Waals surface area contributed by atoms with Crippen molar-refractivity contribution >= 4 is 5.97 Å². The Morgan fingerprint density at radius 3 is 2.44 bits per heavy atom. The van der Waals surface area contributed by atoms with Crippen LogP contribution in [0.4, 0.5) is 0 Å². The lowest BCUT2D eigenvalue weighted by Gasteiger charge is -2.45. The minimum absolute atomic E-state index is 0.0974. The van der Waals surface area contributed by atoms with Gasteiger partial charge in [0.05, 0.1) is 5.56 Å². The highest BCUT2D eigenvalue weighted by molar-refractivity contribution is 5.89. The van der Waals surface area contributed by atoms with E-state index in [0.29, 0.717) is 11.8 Å². The Labute approximate surface area is 164 Å². The Morgan fingerprint density at radius 1 is 1.07 bits per heavy atom. The van der Waals surface area contributed by atoms with Gasteiger partial charge in [-0.25, -0.2) is 4.79 Å². The maximum absolute atomic E-state index is 13.0. The SMILES string of the molecule is CCC(C)c1ccc(C(=O)OC2(CC)CC3CC2C2C4CCC(C4)C32)cc1. The van der Waals surface area contributed by atoms with Crippen molar-refractivity contribution in [2.45, 2.75) is 77.2 Å². The molecule has 4 fully saturated rings. The second-order valence-electron chi connectivity index (χ2n) is 10.0. The van der Waals surface area contributed by atoms with Gasteiger partial charge in [-0.15, -0.1) is 0 Å². The van der Waals surface area contributed by atoms with Crippen LogP contribution in [-0.2, 0) is 4.74 Å². The summed E-state index contributed by atoms with van der Waals surface area (Å²) in [5, 5.41) is 0. The number of hydrogen-bond acceptors (Lipinski definition) is 2. The summed E-state index contributed by atoms with van der Waals surface area (Å²) in [6.45, 7) is 6.68. The molecule has 0 N–H and O–H groups in total. The van der Waals surface area contributed by atoms with Crippen LogP contribution in [0.5, 0.6) is 0 Å². The van der Waals surface area contributed by atoms with E-state index in [2.05, 4.69) is 32.9 Å². The molecule has 0 saturated heterocycles. The van der Waals surface area contributed by atoms with Gasteiger partial charge in [-0.05, 0) is 98.1 Å². The van der Waals surface area contributed by atoms with E-state index in [4.69, 9.17) is 4.74 Å². The summed E-state index contributed by atoms with van der Waals surface area (Å²) >= 11 is 0. The van der Waals surface area contributed by atoms with Crippen molar-refractivity contribution in [3.63, 3.8) is 0 Å². The maximum Gasteiger partial charge on any atom is 0.338 e. The Morgan fingerprint density at radius 2 is 1.78 bits per heavy atom. The van der Waals surface area contributed by atoms with Gasteiger partial charge < -0.3 is 4.74 Å². The Kier molecular flexibility index (Phi) is 4.18. The quantitative estimate of drug-likeness (QED) is 0.457. The molecule has 5 rings (SSSR count). The molecule has 4 bridgehead atoms. The summed E-state index contributed by atoms with van der Waals surface area (Å²) in [5.74, 6) is 5.61. The molecule has 27 heavy (non-hydrogen) atoms. The first-order chi connectivity index (χ1) is 13.1. The third kappa shape index (κ3) is 2.54. The third-order valence-corrected chi connectivity index (χ3v) is 9.12. The van der Waals surface area contributed by atoms with Gasteiger partial charge in [0.25, 0.3) is 0 Å². The predicted molar refractivity (Wildman–Crippen MR) is 108 cm³/mol. The number of carbonyl (C=O) groups excluding carboxylic acids is 1. The monoisotopic (exact) mass is 366 g/mol. The molecule has 4 saturated carbocycles. The van der Waals surface area contributed by atoms with Gasteiger partial charge >= 0.3 is 5.97 Å². The molecule has 0 amide bonds. The zero-order valence-electron chi connectivity index (χ0n) is 17.1. The van der Waals surface area contributed by atoms with Crippen LogP contribution in [0.15, 0.2) is 24.3 Å². The van der Waals surface area contributed by atoms with Crippen LogP contribution < -0.4 is 0 Å². The molecule has 1 aromatic rings. The molecule has 1 aromatic carbocycles. The van der Waals surface area contributed by atoms with Crippen molar-refractivity contribution < 1.29 is 9.53 Å². The lowest BCUT2D eigenvalue weighted by Crippen LogP contribution is -2.47. The van der Waals surface area contributed by atoms with Crippen LogP contribution in [0, 0.1) is 35.5 Å². The maximum atomic E-state index is 13.0. The molecule has 8 unspecified atom stereocenters. The summed E-state index contributed by atoms with van der Waals surface area (Å²) in [6.07, 6.45) is 8.90. The van der Waals surface area contributed by atoms with Crippen molar-refractivity contribution in [3.8, 4) is 0 Å². The van der Waals surface area contributed by atoms with Crippen LogP contribution in [0.1, 0.15) is 87.6 Å². The molecule has 0 heterocycles. The fourth-order valence-corrected chi connectivity index (χ4v) is 7.72. The van der Waals surface area contributed by atoms with E-state index in [9.17, 15) is 4.79 Å². The number of benzene rings is 1. The Hall–Kier alpha value is -1.31. The van der Waals surface area contributed by atoms with Crippen molar-refractivity contribution in [3.05, 3.63) is 35.4 Å². The largest absolute Gasteiger partial charge is 0.455 e. The van der Waals surface area contributed by atoms with Gasteiger partial charge in [0, 0.05) is 5.92 Å². The minimum atomic E-state index is -0.192. The smallest absolute Gasteiger partial charge is 0.338 e. The highest BCUT2D eigenvalue weighted by Gasteiger charge is 2.67. The zero-order valence-corrected chi connectivity index (χ0v) is 17.1. The molecule has 4 aliphatic rings. The topological polar surface area (TPSA) is 26.3 Å². The molecular formula is C25H34O2. The molecule has 0 radical (unpaired) electrons. The molecule has 0 spiro atoms. The number of rotatable bonds is 5. The second kappa shape index (κ2) is 6.36. The van der Waals surface area contributed by atoms with E-state index in [-0.39, 0.29) is 11.6 Å². The average Bonchev–Trinajstić information content (AvgIpc) is 3.46. The van der Waals surface area contributed by atoms with Crippen LogP contribution in [-0.4, -0.2) is 11.6 Å². The number of carbonyl (C=O) groups is 1. The van der Waals surface area contributed by atoms with Crippen molar-refractivity contribution in [1.29, 1.82) is 0 Å². The fourth-order valence-electron chi connectivity index (χ4n) is 7.72. The molecule has 0 aromatic heterocycles. The van der Waals surface area contributed by atoms with Gasteiger partial charge in [0.2, 0.25) is 0 Å². The lowest BCUT2D eigenvalue weighted by atomic mass is 9.65. The highest BCUT2D eigenvalue weighted by atomic mass is 16.6. The lowest BCUT2D eigenvalue weighted by molar-refractivity contribution is -0.0838. The summed E-state index contributed by atoms with van der Waals surface area (Å²) in [5.41, 5.74) is 1.84. The first-order valence-electron chi connectivity index (χ1n) is 11.4. The first-order valence-corrected chi connectivity index (χ1v) is 11.4. The predicted octanol–water partition coefficient (Wildman–Crippen LogP) is 6.21. The van der Waals surface area contributed by atoms with E-state index < -0.39 is 0 Å². The normalized spacial score (nSPS) is 42.3. The second-order valence-corrected chi connectivity index (χ2v) is 10.0. The summed E-state index contributed by atoms with van der Waals surface area (Å²) < 4.78 is 6.37. The molecule has 0 aliphatic heterocycles. The first kappa shape index (κ1) is 17.8. The number of fused-ring (bicyclic) bond motifs is 9. The zero-order chi connectivity index (χ0) is 18.8. The van der Waals surface area contributed by atoms with Crippen molar-refractivity contribution in [2.24, 2.45) is 35.5 Å². The van der Waals surface area contributed by atoms with Gasteiger partial charge in [-0.2, -0.15) is 0 Å². The Bertz CT molecular complexity index is 722. The summed E-state index contributed by atoms with van der Waals surface area (Å²) in [4.78, 5) is 13.0. The fraction of sp³-hybridized carbons (Fsp3) is 0.720. The van der Waals surface area contributed by atoms with E-state index in [1.165, 1.54) is 31.2 Å². The van der Waals surface area contributed by atoms with Gasteiger partial charge in [-0.3, -0.25) is 0 Å². The molecular weight excluding hydrogens is 332 g/mol. The van der Waals surface area contributed by atoms with E-state index in [1.54, 1.807) is 0 Å². The molecule has 2 heteroatoms. The average molecular weight is 367 g/mol.